The van der Waals surface area contributed by atoms with Crippen molar-refractivity contribution in [1.29, 1.82) is 0 Å². The number of carboxylic acids is 1. The molecule has 1 aliphatic carbocycles. The quantitative estimate of drug-likeness (QED) is 0.693. The van der Waals surface area contributed by atoms with E-state index in [0.29, 0.717) is 6.61 Å². The van der Waals surface area contributed by atoms with Gasteiger partial charge in [-0.05, 0) is 13.8 Å². The van der Waals surface area contributed by atoms with E-state index in [1.807, 2.05) is 0 Å². The standard InChI is InChI=1S/C12H17NO4/c1-3-17-8-10(14)13-12(2)7-5-4-6-9(12)11(15)16/h4-7,9H,3,8H2,1-2H3,(H,13,14)(H,15,16)/p-1. The Morgan fingerprint density at radius 1 is 1.47 bits per heavy atom. The lowest BCUT2D eigenvalue weighted by Gasteiger charge is -2.36. The van der Waals surface area contributed by atoms with Crippen LogP contribution in [0.3, 0.4) is 0 Å². The Bertz CT molecular complexity index is 362. The first kappa shape index (κ1) is 13.4. The number of hydrogen-bond donors (Lipinski definition) is 1. The Labute approximate surface area is 100 Å². The van der Waals surface area contributed by atoms with Gasteiger partial charge in [0.25, 0.3) is 0 Å². The molecule has 1 rings (SSSR count). The van der Waals surface area contributed by atoms with Gasteiger partial charge in [-0.15, -0.1) is 0 Å². The Balaban J connectivity index is 2.71. The zero-order chi connectivity index (χ0) is 12.9. The molecule has 0 spiro atoms. The van der Waals surface area contributed by atoms with E-state index < -0.39 is 17.4 Å². The number of carboxylic acid groups (broad SMARTS) is 1. The number of rotatable bonds is 5. The molecule has 1 aliphatic rings. The SMILES string of the molecule is CCOCC(=O)NC1(C)C=CC=CC1C(=O)[O-]. The summed E-state index contributed by atoms with van der Waals surface area (Å²) in [6, 6.07) is 0. The molecule has 0 aliphatic heterocycles. The Morgan fingerprint density at radius 3 is 2.76 bits per heavy atom. The van der Waals surface area contributed by atoms with Crippen molar-refractivity contribution in [2.45, 2.75) is 19.4 Å². The van der Waals surface area contributed by atoms with Gasteiger partial charge in [0.05, 0.1) is 11.5 Å². The number of hydrogen-bond acceptors (Lipinski definition) is 4. The first-order valence-electron chi connectivity index (χ1n) is 5.45. The highest BCUT2D eigenvalue weighted by molar-refractivity contribution is 5.81. The first-order chi connectivity index (χ1) is 7.99. The fraction of sp³-hybridized carbons (Fsp3) is 0.500. The van der Waals surface area contributed by atoms with E-state index in [9.17, 15) is 14.7 Å². The van der Waals surface area contributed by atoms with Gasteiger partial charge in [0.1, 0.15) is 6.61 Å². The van der Waals surface area contributed by atoms with Crippen LogP contribution in [0.5, 0.6) is 0 Å². The van der Waals surface area contributed by atoms with Crippen LogP contribution in [-0.4, -0.2) is 30.6 Å². The fourth-order valence-electron chi connectivity index (χ4n) is 1.71. The predicted octanol–water partition coefficient (Wildman–Crippen LogP) is -0.610. The van der Waals surface area contributed by atoms with E-state index in [2.05, 4.69) is 5.32 Å². The first-order valence-corrected chi connectivity index (χ1v) is 5.45. The van der Waals surface area contributed by atoms with Gasteiger partial charge in [0, 0.05) is 12.5 Å². The zero-order valence-electron chi connectivity index (χ0n) is 9.93. The van der Waals surface area contributed by atoms with Gasteiger partial charge in [-0.2, -0.15) is 0 Å². The van der Waals surface area contributed by atoms with E-state index in [-0.39, 0.29) is 12.5 Å². The number of amides is 1. The minimum Gasteiger partial charge on any atom is -0.549 e. The van der Waals surface area contributed by atoms with E-state index in [0.717, 1.165) is 0 Å². The monoisotopic (exact) mass is 238 g/mol. The molecule has 0 fully saturated rings. The van der Waals surface area contributed by atoms with Crippen LogP contribution in [0, 0.1) is 5.92 Å². The third-order valence-corrected chi connectivity index (χ3v) is 2.60. The Hall–Kier alpha value is -1.62. The van der Waals surface area contributed by atoms with Gasteiger partial charge < -0.3 is 20.0 Å². The Morgan fingerprint density at radius 2 is 2.18 bits per heavy atom. The summed E-state index contributed by atoms with van der Waals surface area (Å²) >= 11 is 0. The predicted molar refractivity (Wildman–Crippen MR) is 59.8 cm³/mol. The fourth-order valence-corrected chi connectivity index (χ4v) is 1.71. The van der Waals surface area contributed by atoms with Crippen LogP contribution in [0.25, 0.3) is 0 Å². The average molecular weight is 238 g/mol. The molecule has 0 heterocycles. The van der Waals surface area contributed by atoms with Crippen molar-refractivity contribution >= 4 is 11.9 Å². The highest BCUT2D eigenvalue weighted by Gasteiger charge is 2.33. The zero-order valence-corrected chi connectivity index (χ0v) is 9.93. The van der Waals surface area contributed by atoms with Crippen molar-refractivity contribution < 1.29 is 19.4 Å². The summed E-state index contributed by atoms with van der Waals surface area (Å²) in [5.74, 6) is -2.44. The number of allylic oxidation sites excluding steroid dienone is 2. The molecule has 2 unspecified atom stereocenters. The lowest BCUT2D eigenvalue weighted by molar-refractivity contribution is -0.311. The van der Waals surface area contributed by atoms with E-state index in [4.69, 9.17) is 4.74 Å². The second-order valence-electron chi connectivity index (χ2n) is 4.01. The van der Waals surface area contributed by atoms with Crippen molar-refractivity contribution in [3.8, 4) is 0 Å². The maximum absolute atomic E-state index is 11.5. The molecule has 0 saturated heterocycles. The number of nitrogens with one attached hydrogen (secondary N) is 1. The molecule has 1 N–H and O–H groups in total. The molecule has 17 heavy (non-hydrogen) atoms. The van der Waals surface area contributed by atoms with Crippen LogP contribution in [-0.2, 0) is 14.3 Å². The van der Waals surface area contributed by atoms with Gasteiger partial charge in [0.2, 0.25) is 5.91 Å². The van der Waals surface area contributed by atoms with Crippen molar-refractivity contribution in [2.24, 2.45) is 5.92 Å². The molecule has 0 bridgehead atoms. The molecular weight excluding hydrogens is 222 g/mol. The summed E-state index contributed by atoms with van der Waals surface area (Å²) in [6.45, 7) is 3.77. The number of carbonyl (C=O) groups excluding carboxylic acids is 2. The lowest BCUT2D eigenvalue weighted by Crippen LogP contribution is -2.56. The number of aliphatic carboxylic acids is 1. The van der Waals surface area contributed by atoms with Gasteiger partial charge in [-0.3, -0.25) is 4.79 Å². The van der Waals surface area contributed by atoms with Crippen molar-refractivity contribution in [1.82, 2.24) is 5.32 Å². The van der Waals surface area contributed by atoms with Gasteiger partial charge in [0.15, 0.2) is 0 Å². The van der Waals surface area contributed by atoms with Crippen LogP contribution in [0.1, 0.15) is 13.8 Å². The molecule has 2 atom stereocenters. The second kappa shape index (κ2) is 5.63. The van der Waals surface area contributed by atoms with Gasteiger partial charge >= 0.3 is 0 Å². The van der Waals surface area contributed by atoms with Crippen LogP contribution in [0.4, 0.5) is 0 Å². The van der Waals surface area contributed by atoms with Crippen LogP contribution in [0.2, 0.25) is 0 Å². The molecule has 0 aromatic rings. The Kier molecular flexibility index (Phi) is 4.45. The molecule has 5 heteroatoms. The third-order valence-electron chi connectivity index (χ3n) is 2.60. The summed E-state index contributed by atoms with van der Waals surface area (Å²) in [6.07, 6.45) is 6.45. The number of ether oxygens (including phenoxy) is 1. The third kappa shape index (κ3) is 3.42. The molecule has 94 valence electrons. The highest BCUT2D eigenvalue weighted by Crippen LogP contribution is 2.23. The summed E-state index contributed by atoms with van der Waals surface area (Å²) in [5, 5.41) is 13.6. The normalized spacial score (nSPS) is 26.8. The van der Waals surface area contributed by atoms with Crippen molar-refractivity contribution in [2.75, 3.05) is 13.2 Å². The molecule has 5 nitrogen and oxygen atoms in total. The minimum absolute atomic E-state index is 0.0799. The summed E-state index contributed by atoms with van der Waals surface area (Å²) in [7, 11) is 0. The lowest BCUT2D eigenvalue weighted by atomic mass is 9.82. The molecule has 0 aromatic carbocycles. The van der Waals surface area contributed by atoms with Crippen LogP contribution < -0.4 is 10.4 Å². The molecular formula is C12H16NO4-. The molecule has 1 amide bonds. The summed E-state index contributed by atoms with van der Waals surface area (Å²) < 4.78 is 4.96. The summed E-state index contributed by atoms with van der Waals surface area (Å²) in [4.78, 5) is 22.5. The van der Waals surface area contributed by atoms with Gasteiger partial charge in [-0.1, -0.05) is 24.3 Å². The average Bonchev–Trinajstić information content (AvgIpc) is 2.26. The van der Waals surface area contributed by atoms with Crippen LogP contribution >= 0.6 is 0 Å². The molecule has 0 radical (unpaired) electrons. The topological polar surface area (TPSA) is 78.5 Å². The summed E-state index contributed by atoms with van der Waals surface area (Å²) in [5.41, 5.74) is -0.970. The number of carbonyl (C=O) groups is 2. The van der Waals surface area contributed by atoms with Crippen LogP contribution in [0.15, 0.2) is 24.3 Å². The maximum atomic E-state index is 11.5. The van der Waals surface area contributed by atoms with E-state index in [1.54, 1.807) is 32.1 Å². The largest absolute Gasteiger partial charge is 0.549 e. The van der Waals surface area contributed by atoms with Gasteiger partial charge in [-0.25, -0.2) is 0 Å². The maximum Gasteiger partial charge on any atom is 0.246 e. The van der Waals surface area contributed by atoms with Crippen molar-refractivity contribution in [3.05, 3.63) is 24.3 Å². The smallest absolute Gasteiger partial charge is 0.246 e. The second-order valence-corrected chi connectivity index (χ2v) is 4.01. The molecule has 0 aromatic heterocycles. The van der Waals surface area contributed by atoms with E-state index >= 15 is 0 Å². The van der Waals surface area contributed by atoms with E-state index in [1.165, 1.54) is 6.08 Å². The highest BCUT2D eigenvalue weighted by atomic mass is 16.5. The van der Waals surface area contributed by atoms with Crippen molar-refractivity contribution in [3.63, 3.8) is 0 Å². The molecule has 0 saturated carbocycles. The minimum atomic E-state index is -1.22.